The molecule has 1 saturated heterocycles. The maximum Gasteiger partial charge on any atom is 0.230 e. The lowest BCUT2D eigenvalue weighted by Gasteiger charge is -2.33. The molecule has 1 amide bonds. The van der Waals surface area contributed by atoms with Crippen molar-refractivity contribution in [2.45, 2.75) is 45.1 Å². The molecule has 0 radical (unpaired) electrons. The predicted octanol–water partition coefficient (Wildman–Crippen LogP) is 3.23. The summed E-state index contributed by atoms with van der Waals surface area (Å²) in [5.41, 5.74) is 2.31. The van der Waals surface area contributed by atoms with Crippen molar-refractivity contribution in [1.29, 1.82) is 0 Å². The summed E-state index contributed by atoms with van der Waals surface area (Å²) in [7, 11) is 0. The summed E-state index contributed by atoms with van der Waals surface area (Å²) in [6.45, 7) is 6.28. The number of carbonyl (C=O) groups is 1. The lowest BCUT2D eigenvalue weighted by Crippen LogP contribution is -2.38. The number of fused-ring (bicyclic) bond motifs is 1. The fourth-order valence-corrected chi connectivity index (χ4v) is 3.56. The van der Waals surface area contributed by atoms with Crippen LogP contribution >= 0.6 is 0 Å². The van der Waals surface area contributed by atoms with E-state index < -0.39 is 0 Å². The molecule has 0 aromatic heterocycles. The van der Waals surface area contributed by atoms with Crippen LogP contribution < -0.4 is 5.32 Å². The van der Waals surface area contributed by atoms with Gasteiger partial charge in [0.25, 0.3) is 0 Å². The van der Waals surface area contributed by atoms with E-state index in [-0.39, 0.29) is 5.92 Å². The van der Waals surface area contributed by atoms with Crippen LogP contribution in [0.15, 0.2) is 24.3 Å². The van der Waals surface area contributed by atoms with Gasteiger partial charge in [0.2, 0.25) is 5.91 Å². The molecule has 2 heterocycles. The monoisotopic (exact) mass is 272 g/mol. The van der Waals surface area contributed by atoms with Crippen molar-refractivity contribution in [2.75, 3.05) is 18.4 Å². The number of nitrogens with zero attached hydrogens (tertiary/aromatic N) is 1. The van der Waals surface area contributed by atoms with Gasteiger partial charge < -0.3 is 10.2 Å². The van der Waals surface area contributed by atoms with Crippen molar-refractivity contribution in [1.82, 2.24) is 4.90 Å². The standard InChI is InChI=1S/C17H24N2O/c1-3-13-8-9-19(11-13)17(20)15-10-12(2)18-16-7-5-4-6-14(15)16/h4-7,12-13,15,18H,3,8-11H2,1-2H3. The van der Waals surface area contributed by atoms with Gasteiger partial charge in [-0.3, -0.25) is 4.79 Å². The average molecular weight is 272 g/mol. The molecule has 20 heavy (non-hydrogen) atoms. The second-order valence-electron chi connectivity index (χ2n) is 6.27. The average Bonchev–Trinajstić information content (AvgIpc) is 2.94. The minimum absolute atomic E-state index is 0.0399. The van der Waals surface area contributed by atoms with E-state index in [1.54, 1.807) is 0 Å². The number of rotatable bonds is 2. The van der Waals surface area contributed by atoms with Crippen molar-refractivity contribution in [3.8, 4) is 0 Å². The third kappa shape index (κ3) is 2.41. The van der Waals surface area contributed by atoms with E-state index in [2.05, 4.69) is 36.2 Å². The van der Waals surface area contributed by atoms with Crippen molar-refractivity contribution in [3.05, 3.63) is 29.8 Å². The molecule has 1 aromatic carbocycles. The van der Waals surface area contributed by atoms with Gasteiger partial charge in [0.1, 0.15) is 0 Å². The molecule has 0 spiro atoms. The Morgan fingerprint density at radius 2 is 2.20 bits per heavy atom. The van der Waals surface area contributed by atoms with Gasteiger partial charge in [-0.1, -0.05) is 31.5 Å². The molecule has 1 fully saturated rings. The Kier molecular flexibility index (Phi) is 3.68. The molecular weight excluding hydrogens is 248 g/mol. The van der Waals surface area contributed by atoms with Crippen molar-refractivity contribution in [2.24, 2.45) is 5.92 Å². The number of anilines is 1. The molecule has 3 nitrogen and oxygen atoms in total. The largest absolute Gasteiger partial charge is 0.382 e. The number of carbonyl (C=O) groups excluding carboxylic acids is 1. The van der Waals surface area contributed by atoms with Crippen LogP contribution in [0, 0.1) is 5.92 Å². The van der Waals surface area contributed by atoms with E-state index in [1.165, 1.54) is 18.4 Å². The van der Waals surface area contributed by atoms with Crippen LogP contribution in [0.3, 0.4) is 0 Å². The second-order valence-corrected chi connectivity index (χ2v) is 6.27. The van der Waals surface area contributed by atoms with E-state index in [1.807, 2.05) is 12.1 Å². The van der Waals surface area contributed by atoms with Gasteiger partial charge in [-0.15, -0.1) is 0 Å². The highest BCUT2D eigenvalue weighted by Crippen LogP contribution is 2.36. The zero-order chi connectivity index (χ0) is 14.1. The van der Waals surface area contributed by atoms with Gasteiger partial charge in [0, 0.05) is 24.8 Å². The molecule has 2 aliphatic rings. The van der Waals surface area contributed by atoms with Gasteiger partial charge in [0.05, 0.1) is 5.92 Å². The van der Waals surface area contributed by atoms with E-state index in [0.29, 0.717) is 17.9 Å². The number of hydrogen-bond donors (Lipinski definition) is 1. The SMILES string of the molecule is CCC1CCN(C(=O)C2CC(C)Nc3ccccc32)C1. The second kappa shape index (κ2) is 5.47. The number of likely N-dealkylation sites (tertiary alicyclic amines) is 1. The summed E-state index contributed by atoms with van der Waals surface area (Å²) >= 11 is 0. The molecule has 108 valence electrons. The number of amides is 1. The first-order valence-corrected chi connectivity index (χ1v) is 7.83. The summed E-state index contributed by atoms with van der Waals surface area (Å²) in [6.07, 6.45) is 3.26. The Morgan fingerprint density at radius 1 is 1.40 bits per heavy atom. The van der Waals surface area contributed by atoms with Gasteiger partial charge in [-0.2, -0.15) is 0 Å². The first-order chi connectivity index (χ1) is 9.69. The molecule has 1 N–H and O–H groups in total. The third-order valence-electron chi connectivity index (χ3n) is 4.80. The molecule has 0 aliphatic carbocycles. The minimum atomic E-state index is 0.0399. The quantitative estimate of drug-likeness (QED) is 0.896. The lowest BCUT2D eigenvalue weighted by atomic mass is 9.86. The maximum absolute atomic E-state index is 12.9. The van der Waals surface area contributed by atoms with E-state index in [9.17, 15) is 4.79 Å². The molecule has 3 unspecified atom stereocenters. The Morgan fingerprint density at radius 3 is 2.95 bits per heavy atom. The summed E-state index contributed by atoms with van der Waals surface area (Å²) in [6, 6.07) is 8.63. The highest BCUT2D eigenvalue weighted by Gasteiger charge is 2.35. The fraction of sp³-hybridized carbons (Fsp3) is 0.588. The van der Waals surface area contributed by atoms with Crippen LogP contribution in [-0.2, 0) is 4.79 Å². The molecule has 3 atom stereocenters. The van der Waals surface area contributed by atoms with Gasteiger partial charge in [-0.05, 0) is 37.3 Å². The fourth-order valence-electron chi connectivity index (χ4n) is 3.56. The van der Waals surface area contributed by atoms with Gasteiger partial charge >= 0.3 is 0 Å². The van der Waals surface area contributed by atoms with E-state index in [4.69, 9.17) is 0 Å². The van der Waals surface area contributed by atoms with Gasteiger partial charge in [0.15, 0.2) is 0 Å². The zero-order valence-corrected chi connectivity index (χ0v) is 12.4. The Hall–Kier alpha value is -1.51. The molecule has 1 aromatic rings. The van der Waals surface area contributed by atoms with Crippen molar-refractivity contribution in [3.63, 3.8) is 0 Å². The first-order valence-electron chi connectivity index (χ1n) is 7.83. The minimum Gasteiger partial charge on any atom is -0.382 e. The smallest absolute Gasteiger partial charge is 0.230 e. The summed E-state index contributed by atoms with van der Waals surface area (Å²) in [5, 5.41) is 3.48. The molecule has 3 heteroatoms. The van der Waals surface area contributed by atoms with Gasteiger partial charge in [-0.25, -0.2) is 0 Å². The van der Waals surface area contributed by atoms with Crippen molar-refractivity contribution >= 4 is 11.6 Å². The molecule has 2 aliphatic heterocycles. The molecular formula is C17H24N2O. The number of benzene rings is 1. The summed E-state index contributed by atoms with van der Waals surface area (Å²) < 4.78 is 0. The number of nitrogens with one attached hydrogen (secondary N) is 1. The van der Waals surface area contributed by atoms with Crippen LogP contribution in [0.25, 0.3) is 0 Å². The highest BCUT2D eigenvalue weighted by molar-refractivity contribution is 5.86. The maximum atomic E-state index is 12.9. The Bertz CT molecular complexity index is 500. The molecule has 3 rings (SSSR count). The zero-order valence-electron chi connectivity index (χ0n) is 12.4. The van der Waals surface area contributed by atoms with Crippen LogP contribution in [0.4, 0.5) is 5.69 Å². The van der Waals surface area contributed by atoms with Crippen LogP contribution in [0.5, 0.6) is 0 Å². The molecule has 0 saturated carbocycles. The predicted molar refractivity (Wildman–Crippen MR) is 81.9 cm³/mol. The molecule has 0 bridgehead atoms. The van der Waals surface area contributed by atoms with Crippen LogP contribution in [0.1, 0.15) is 44.6 Å². The van der Waals surface area contributed by atoms with E-state index >= 15 is 0 Å². The Balaban J connectivity index is 1.81. The number of hydrogen-bond acceptors (Lipinski definition) is 2. The summed E-state index contributed by atoms with van der Waals surface area (Å²) in [4.78, 5) is 15.0. The summed E-state index contributed by atoms with van der Waals surface area (Å²) in [5.74, 6) is 1.08. The number of para-hydroxylation sites is 1. The van der Waals surface area contributed by atoms with E-state index in [0.717, 1.165) is 25.2 Å². The van der Waals surface area contributed by atoms with Crippen LogP contribution in [-0.4, -0.2) is 29.9 Å². The third-order valence-corrected chi connectivity index (χ3v) is 4.80. The topological polar surface area (TPSA) is 32.3 Å². The lowest BCUT2D eigenvalue weighted by molar-refractivity contribution is -0.132. The Labute approximate surface area is 121 Å². The normalized spacial score (nSPS) is 28.9. The van der Waals surface area contributed by atoms with Crippen LogP contribution in [0.2, 0.25) is 0 Å². The highest BCUT2D eigenvalue weighted by atomic mass is 16.2. The first kappa shape index (κ1) is 13.5. The van der Waals surface area contributed by atoms with Crippen molar-refractivity contribution < 1.29 is 4.79 Å².